The van der Waals surface area contributed by atoms with Crippen molar-refractivity contribution in [1.82, 2.24) is 0 Å². The van der Waals surface area contributed by atoms with E-state index in [0.29, 0.717) is 11.5 Å². The van der Waals surface area contributed by atoms with Crippen LogP contribution in [0.1, 0.15) is 44.7 Å². The minimum absolute atomic E-state index is 0.495. The van der Waals surface area contributed by atoms with E-state index in [4.69, 9.17) is 0 Å². The van der Waals surface area contributed by atoms with Crippen LogP contribution in [0.4, 0.5) is 5.69 Å². The molecule has 1 heteroatoms. The lowest BCUT2D eigenvalue weighted by molar-refractivity contribution is 0.366. The summed E-state index contributed by atoms with van der Waals surface area (Å²) in [7, 11) is 0. The van der Waals surface area contributed by atoms with Crippen molar-refractivity contribution in [2.24, 2.45) is 11.3 Å². The van der Waals surface area contributed by atoms with Crippen molar-refractivity contribution in [2.75, 3.05) is 5.32 Å². The summed E-state index contributed by atoms with van der Waals surface area (Å²) >= 11 is 0. The van der Waals surface area contributed by atoms with Crippen LogP contribution in [0.25, 0.3) is 0 Å². The molecule has 2 rings (SSSR count). The lowest BCUT2D eigenvalue weighted by Gasteiger charge is -2.21. The molecule has 1 saturated carbocycles. The molecule has 1 fully saturated rings. The van der Waals surface area contributed by atoms with Gasteiger partial charge < -0.3 is 5.32 Å². The van der Waals surface area contributed by atoms with E-state index in [0.717, 1.165) is 5.92 Å². The molecule has 1 aliphatic rings. The maximum atomic E-state index is 3.76. The van der Waals surface area contributed by atoms with Gasteiger partial charge in [-0.1, -0.05) is 32.9 Å². The van der Waals surface area contributed by atoms with Crippen molar-refractivity contribution in [3.8, 4) is 0 Å². The molecular formula is C16H25N. The molecule has 0 spiro atoms. The zero-order valence-corrected chi connectivity index (χ0v) is 11.8. The SMILES string of the molecule is Cc1ccc(C)c(NC2CC(C)(C)CC2C)c1. The normalized spacial score (nSPS) is 27.1. The lowest BCUT2D eigenvalue weighted by atomic mass is 9.91. The van der Waals surface area contributed by atoms with Crippen molar-refractivity contribution in [1.29, 1.82) is 0 Å². The summed E-state index contributed by atoms with van der Waals surface area (Å²) in [6.45, 7) is 11.5. The van der Waals surface area contributed by atoms with Crippen molar-refractivity contribution in [2.45, 2.75) is 53.5 Å². The van der Waals surface area contributed by atoms with E-state index < -0.39 is 0 Å². The Hall–Kier alpha value is -0.980. The van der Waals surface area contributed by atoms with Crippen molar-refractivity contribution in [3.05, 3.63) is 29.3 Å². The maximum absolute atomic E-state index is 3.76. The molecule has 0 saturated heterocycles. The molecule has 0 radical (unpaired) electrons. The van der Waals surface area contributed by atoms with Gasteiger partial charge in [-0.3, -0.25) is 0 Å². The molecule has 0 amide bonds. The Morgan fingerprint density at radius 2 is 1.88 bits per heavy atom. The highest BCUT2D eigenvalue weighted by Crippen LogP contribution is 2.42. The third-order valence-corrected chi connectivity index (χ3v) is 4.07. The Morgan fingerprint density at radius 1 is 1.18 bits per heavy atom. The molecule has 1 N–H and O–H groups in total. The first-order chi connectivity index (χ1) is 7.87. The summed E-state index contributed by atoms with van der Waals surface area (Å²) in [6, 6.07) is 7.30. The summed E-state index contributed by atoms with van der Waals surface area (Å²) in [6.07, 6.45) is 2.61. The molecule has 1 aromatic rings. The van der Waals surface area contributed by atoms with Gasteiger partial charge in [-0.15, -0.1) is 0 Å². The quantitative estimate of drug-likeness (QED) is 0.788. The number of rotatable bonds is 2. The molecule has 0 heterocycles. The Bertz CT molecular complexity index is 406. The minimum atomic E-state index is 0.495. The molecule has 1 aromatic carbocycles. The molecule has 1 aliphatic carbocycles. The Kier molecular flexibility index (Phi) is 3.20. The number of nitrogens with one attached hydrogen (secondary N) is 1. The van der Waals surface area contributed by atoms with Crippen LogP contribution in [-0.4, -0.2) is 6.04 Å². The van der Waals surface area contributed by atoms with Gasteiger partial charge in [0.2, 0.25) is 0 Å². The Balaban J connectivity index is 2.14. The minimum Gasteiger partial charge on any atom is -0.382 e. The molecule has 0 aliphatic heterocycles. The van der Waals surface area contributed by atoms with Gasteiger partial charge >= 0.3 is 0 Å². The van der Waals surface area contributed by atoms with Crippen molar-refractivity contribution in [3.63, 3.8) is 0 Å². The topological polar surface area (TPSA) is 12.0 Å². The summed E-state index contributed by atoms with van der Waals surface area (Å²) in [5.74, 6) is 0.768. The van der Waals surface area contributed by atoms with Crippen molar-refractivity contribution >= 4 is 5.69 Å². The van der Waals surface area contributed by atoms with Gasteiger partial charge in [0.15, 0.2) is 0 Å². The van der Waals surface area contributed by atoms with Crippen LogP contribution in [0.15, 0.2) is 18.2 Å². The second-order valence-electron chi connectivity index (χ2n) is 6.62. The van der Waals surface area contributed by atoms with E-state index in [1.54, 1.807) is 0 Å². The fourth-order valence-corrected chi connectivity index (χ4v) is 3.18. The van der Waals surface area contributed by atoms with E-state index in [1.807, 2.05) is 0 Å². The van der Waals surface area contributed by atoms with Gasteiger partial charge in [0, 0.05) is 11.7 Å². The third-order valence-electron chi connectivity index (χ3n) is 4.07. The predicted molar refractivity (Wildman–Crippen MR) is 75.5 cm³/mol. The number of aryl methyl sites for hydroxylation is 2. The van der Waals surface area contributed by atoms with Gasteiger partial charge in [0.05, 0.1) is 0 Å². The van der Waals surface area contributed by atoms with E-state index in [9.17, 15) is 0 Å². The van der Waals surface area contributed by atoms with Gasteiger partial charge in [0.1, 0.15) is 0 Å². The van der Waals surface area contributed by atoms with E-state index in [2.05, 4.69) is 58.1 Å². The van der Waals surface area contributed by atoms with E-state index >= 15 is 0 Å². The average molecular weight is 231 g/mol. The zero-order chi connectivity index (χ0) is 12.6. The summed E-state index contributed by atoms with van der Waals surface area (Å²) in [5.41, 5.74) is 4.50. The number of hydrogen-bond donors (Lipinski definition) is 1. The van der Waals surface area contributed by atoms with E-state index in [1.165, 1.54) is 29.7 Å². The molecule has 2 unspecified atom stereocenters. The standard InChI is InChI=1S/C16H25N/c1-11-6-7-12(2)14(8-11)17-15-10-16(4,5)9-13(15)3/h6-8,13,15,17H,9-10H2,1-5H3. The summed E-state index contributed by atoms with van der Waals surface area (Å²) in [5, 5.41) is 3.76. The van der Waals surface area contributed by atoms with Gasteiger partial charge in [-0.05, 0) is 55.2 Å². The number of anilines is 1. The fraction of sp³-hybridized carbons (Fsp3) is 0.625. The van der Waals surface area contributed by atoms with Crippen LogP contribution in [-0.2, 0) is 0 Å². The van der Waals surface area contributed by atoms with Crippen LogP contribution in [0.2, 0.25) is 0 Å². The third kappa shape index (κ3) is 2.83. The smallest absolute Gasteiger partial charge is 0.0374 e. The molecule has 2 atom stereocenters. The van der Waals surface area contributed by atoms with Gasteiger partial charge in [-0.25, -0.2) is 0 Å². The first-order valence-corrected chi connectivity index (χ1v) is 6.71. The molecular weight excluding hydrogens is 206 g/mol. The second kappa shape index (κ2) is 4.36. The molecule has 0 aromatic heterocycles. The fourth-order valence-electron chi connectivity index (χ4n) is 3.18. The highest BCUT2D eigenvalue weighted by atomic mass is 14.9. The maximum Gasteiger partial charge on any atom is 0.0374 e. The number of hydrogen-bond acceptors (Lipinski definition) is 1. The zero-order valence-electron chi connectivity index (χ0n) is 11.8. The molecule has 0 bridgehead atoms. The summed E-state index contributed by atoms with van der Waals surface area (Å²) < 4.78 is 0. The average Bonchev–Trinajstić information content (AvgIpc) is 2.46. The van der Waals surface area contributed by atoms with Gasteiger partial charge in [0.25, 0.3) is 0 Å². The summed E-state index contributed by atoms with van der Waals surface area (Å²) in [4.78, 5) is 0. The highest BCUT2D eigenvalue weighted by Gasteiger charge is 2.36. The van der Waals surface area contributed by atoms with Crippen LogP contribution in [0.5, 0.6) is 0 Å². The Morgan fingerprint density at radius 3 is 2.47 bits per heavy atom. The monoisotopic (exact) mass is 231 g/mol. The molecule has 17 heavy (non-hydrogen) atoms. The van der Waals surface area contributed by atoms with E-state index in [-0.39, 0.29) is 0 Å². The first kappa shape index (κ1) is 12.5. The van der Waals surface area contributed by atoms with Gasteiger partial charge in [-0.2, -0.15) is 0 Å². The van der Waals surface area contributed by atoms with Crippen LogP contribution < -0.4 is 5.32 Å². The second-order valence-corrected chi connectivity index (χ2v) is 6.62. The van der Waals surface area contributed by atoms with Crippen LogP contribution >= 0.6 is 0 Å². The predicted octanol–water partition coefficient (Wildman–Crippen LogP) is 4.54. The molecule has 1 nitrogen and oxygen atoms in total. The largest absolute Gasteiger partial charge is 0.382 e. The van der Waals surface area contributed by atoms with Crippen molar-refractivity contribution < 1.29 is 0 Å². The molecule has 94 valence electrons. The lowest BCUT2D eigenvalue weighted by Crippen LogP contribution is -2.23. The van der Waals surface area contributed by atoms with Crippen LogP contribution in [0, 0.1) is 25.2 Å². The van der Waals surface area contributed by atoms with Crippen LogP contribution in [0.3, 0.4) is 0 Å². The first-order valence-electron chi connectivity index (χ1n) is 6.71. The Labute approximate surface area is 106 Å². The highest BCUT2D eigenvalue weighted by molar-refractivity contribution is 5.53. The number of benzene rings is 1.